The molecule has 7 heteroatoms. The van der Waals surface area contributed by atoms with Gasteiger partial charge in [-0.25, -0.2) is 0 Å². The molecule has 26 heavy (non-hydrogen) atoms. The van der Waals surface area contributed by atoms with Gasteiger partial charge in [-0.15, -0.1) is 11.8 Å². The van der Waals surface area contributed by atoms with E-state index in [0.717, 1.165) is 10.5 Å². The number of methoxy groups -OCH3 is 3. The van der Waals surface area contributed by atoms with Gasteiger partial charge in [-0.05, 0) is 43.3 Å². The molecule has 0 saturated carbocycles. The first-order valence-electron chi connectivity index (χ1n) is 7.98. The monoisotopic (exact) mass is 395 g/mol. The molecule has 0 saturated heterocycles. The molecule has 0 unspecified atom stereocenters. The summed E-state index contributed by atoms with van der Waals surface area (Å²) in [6.07, 6.45) is 0. The SMILES string of the molecule is COc1ccc(CNC(=O)[C@@H](C)Sc2ccc(Cl)cc2)c(OC)c1OC. The maximum Gasteiger partial charge on any atom is 0.233 e. The highest BCUT2D eigenvalue weighted by atomic mass is 35.5. The molecular formula is C19H22ClNO4S. The van der Waals surface area contributed by atoms with Crippen LogP contribution in [0.3, 0.4) is 0 Å². The van der Waals surface area contributed by atoms with Crippen molar-refractivity contribution in [3.8, 4) is 17.2 Å². The first-order chi connectivity index (χ1) is 12.5. The zero-order valence-electron chi connectivity index (χ0n) is 15.2. The van der Waals surface area contributed by atoms with Crippen LogP contribution in [0.2, 0.25) is 5.02 Å². The summed E-state index contributed by atoms with van der Waals surface area (Å²) in [4.78, 5) is 13.4. The number of benzene rings is 2. The van der Waals surface area contributed by atoms with Gasteiger partial charge in [0, 0.05) is 22.0 Å². The second kappa shape index (κ2) is 9.59. The van der Waals surface area contributed by atoms with E-state index in [9.17, 15) is 4.79 Å². The number of rotatable bonds is 8. The molecule has 0 aliphatic carbocycles. The second-order valence-corrected chi connectivity index (χ2v) is 7.28. The van der Waals surface area contributed by atoms with Gasteiger partial charge in [0.15, 0.2) is 11.5 Å². The number of carbonyl (C=O) groups excluding carboxylic acids is 1. The molecule has 0 aliphatic heterocycles. The number of halogens is 1. The number of ether oxygens (including phenoxy) is 3. The minimum Gasteiger partial charge on any atom is -0.493 e. The largest absolute Gasteiger partial charge is 0.493 e. The molecule has 0 fully saturated rings. The van der Waals surface area contributed by atoms with Crippen LogP contribution in [0, 0.1) is 0 Å². The highest BCUT2D eigenvalue weighted by Crippen LogP contribution is 2.39. The van der Waals surface area contributed by atoms with E-state index in [0.29, 0.717) is 28.8 Å². The highest BCUT2D eigenvalue weighted by molar-refractivity contribution is 8.00. The van der Waals surface area contributed by atoms with Crippen molar-refractivity contribution >= 4 is 29.3 Å². The van der Waals surface area contributed by atoms with E-state index in [1.165, 1.54) is 11.8 Å². The number of hydrogen-bond donors (Lipinski definition) is 1. The first kappa shape index (κ1) is 20.3. The van der Waals surface area contributed by atoms with Gasteiger partial charge < -0.3 is 19.5 Å². The van der Waals surface area contributed by atoms with E-state index in [1.807, 2.05) is 37.3 Å². The van der Waals surface area contributed by atoms with E-state index in [1.54, 1.807) is 27.4 Å². The first-order valence-corrected chi connectivity index (χ1v) is 9.23. The third-order valence-corrected chi connectivity index (χ3v) is 5.10. The van der Waals surface area contributed by atoms with Crippen molar-refractivity contribution in [2.24, 2.45) is 0 Å². The summed E-state index contributed by atoms with van der Waals surface area (Å²) in [7, 11) is 4.67. The number of carbonyl (C=O) groups is 1. The van der Waals surface area contributed by atoms with Crippen LogP contribution >= 0.6 is 23.4 Å². The van der Waals surface area contributed by atoms with Gasteiger partial charge in [0.1, 0.15) is 0 Å². The van der Waals surface area contributed by atoms with Crippen LogP contribution in [0.25, 0.3) is 0 Å². The van der Waals surface area contributed by atoms with Gasteiger partial charge in [-0.1, -0.05) is 11.6 Å². The Morgan fingerprint density at radius 2 is 1.69 bits per heavy atom. The van der Waals surface area contributed by atoms with Gasteiger partial charge in [0.25, 0.3) is 0 Å². The van der Waals surface area contributed by atoms with E-state index in [-0.39, 0.29) is 11.2 Å². The third kappa shape index (κ3) is 4.99. The van der Waals surface area contributed by atoms with Crippen molar-refractivity contribution in [2.75, 3.05) is 21.3 Å². The fourth-order valence-electron chi connectivity index (χ4n) is 2.40. The number of amides is 1. The Balaban J connectivity index is 2.03. The summed E-state index contributed by atoms with van der Waals surface area (Å²) >= 11 is 7.36. The summed E-state index contributed by atoms with van der Waals surface area (Å²) < 4.78 is 16.1. The molecule has 2 aromatic rings. The average Bonchev–Trinajstić information content (AvgIpc) is 2.66. The molecule has 140 valence electrons. The van der Waals surface area contributed by atoms with E-state index >= 15 is 0 Å². The van der Waals surface area contributed by atoms with E-state index in [2.05, 4.69) is 5.32 Å². The molecule has 1 amide bonds. The summed E-state index contributed by atoms with van der Waals surface area (Å²) in [5, 5.41) is 3.36. The van der Waals surface area contributed by atoms with Crippen LogP contribution in [0.5, 0.6) is 17.2 Å². The molecule has 0 aliphatic rings. The minimum absolute atomic E-state index is 0.0678. The Morgan fingerprint density at radius 3 is 2.27 bits per heavy atom. The number of thioether (sulfide) groups is 1. The minimum atomic E-state index is -0.248. The molecule has 1 N–H and O–H groups in total. The predicted octanol–water partition coefficient (Wildman–Crippen LogP) is 4.16. The summed E-state index contributed by atoms with van der Waals surface area (Å²) in [5.74, 6) is 1.56. The van der Waals surface area contributed by atoms with Crippen LogP contribution in [-0.4, -0.2) is 32.5 Å². The van der Waals surface area contributed by atoms with Crippen molar-refractivity contribution in [3.63, 3.8) is 0 Å². The second-order valence-electron chi connectivity index (χ2n) is 5.43. The Hall–Kier alpha value is -2.05. The number of nitrogens with one attached hydrogen (secondary N) is 1. The van der Waals surface area contributed by atoms with Crippen molar-refractivity contribution in [3.05, 3.63) is 47.0 Å². The lowest BCUT2D eigenvalue weighted by Crippen LogP contribution is -2.30. The summed E-state index contributed by atoms with van der Waals surface area (Å²) in [6.45, 7) is 2.19. The lowest BCUT2D eigenvalue weighted by molar-refractivity contribution is -0.120. The fraction of sp³-hybridized carbons (Fsp3) is 0.316. The van der Waals surface area contributed by atoms with Crippen LogP contribution < -0.4 is 19.5 Å². The van der Waals surface area contributed by atoms with Crippen molar-refractivity contribution in [1.82, 2.24) is 5.32 Å². The predicted molar refractivity (Wildman–Crippen MR) is 105 cm³/mol. The molecule has 2 aromatic carbocycles. The molecule has 5 nitrogen and oxygen atoms in total. The zero-order valence-corrected chi connectivity index (χ0v) is 16.7. The molecule has 0 aromatic heterocycles. The molecular weight excluding hydrogens is 374 g/mol. The Morgan fingerprint density at radius 1 is 1.04 bits per heavy atom. The van der Waals surface area contributed by atoms with Gasteiger partial charge in [-0.3, -0.25) is 4.79 Å². The van der Waals surface area contributed by atoms with Gasteiger partial charge in [0.05, 0.1) is 26.6 Å². The Bertz CT molecular complexity index is 752. The van der Waals surface area contributed by atoms with Crippen LogP contribution in [0.1, 0.15) is 12.5 Å². The van der Waals surface area contributed by atoms with Crippen molar-refractivity contribution in [2.45, 2.75) is 23.6 Å². The quantitative estimate of drug-likeness (QED) is 0.680. The molecule has 2 rings (SSSR count). The van der Waals surface area contributed by atoms with E-state index in [4.69, 9.17) is 25.8 Å². The topological polar surface area (TPSA) is 56.8 Å². The highest BCUT2D eigenvalue weighted by Gasteiger charge is 2.18. The van der Waals surface area contributed by atoms with Gasteiger partial charge in [-0.2, -0.15) is 0 Å². The lowest BCUT2D eigenvalue weighted by atomic mass is 10.1. The standard InChI is InChI=1S/C19H22ClNO4S/c1-12(26-15-8-6-14(20)7-9-15)19(22)21-11-13-5-10-16(23-2)18(25-4)17(13)24-3/h5-10,12H,11H2,1-4H3,(H,21,22)/t12-/m1/s1. The zero-order chi connectivity index (χ0) is 19.1. The molecule has 0 heterocycles. The molecule has 0 spiro atoms. The molecule has 1 atom stereocenters. The molecule has 0 radical (unpaired) electrons. The maximum atomic E-state index is 12.4. The smallest absolute Gasteiger partial charge is 0.233 e. The average molecular weight is 396 g/mol. The van der Waals surface area contributed by atoms with Crippen LogP contribution in [-0.2, 0) is 11.3 Å². The van der Waals surface area contributed by atoms with Crippen molar-refractivity contribution < 1.29 is 19.0 Å². The van der Waals surface area contributed by atoms with Gasteiger partial charge in [0.2, 0.25) is 11.7 Å². The lowest BCUT2D eigenvalue weighted by Gasteiger charge is -2.17. The van der Waals surface area contributed by atoms with Crippen LogP contribution in [0.15, 0.2) is 41.3 Å². The third-order valence-electron chi connectivity index (χ3n) is 3.73. The summed E-state index contributed by atoms with van der Waals surface area (Å²) in [6, 6.07) is 11.0. The fourth-order valence-corrected chi connectivity index (χ4v) is 3.42. The van der Waals surface area contributed by atoms with Crippen molar-refractivity contribution in [1.29, 1.82) is 0 Å². The Labute approximate surface area is 163 Å². The van der Waals surface area contributed by atoms with E-state index < -0.39 is 0 Å². The van der Waals surface area contributed by atoms with Crippen LogP contribution in [0.4, 0.5) is 0 Å². The summed E-state index contributed by atoms with van der Waals surface area (Å²) in [5.41, 5.74) is 0.808. The molecule has 0 bridgehead atoms. The van der Waals surface area contributed by atoms with Gasteiger partial charge >= 0.3 is 0 Å². The Kier molecular flexibility index (Phi) is 7.48. The normalized spacial score (nSPS) is 11.6. The maximum absolute atomic E-state index is 12.4. The number of hydrogen-bond acceptors (Lipinski definition) is 5.